The molecule has 0 saturated heterocycles. The molecule has 0 radical (unpaired) electrons. The Hall–Kier alpha value is -6.74. The van der Waals surface area contributed by atoms with Crippen LogP contribution < -0.4 is 19.3 Å². The summed E-state index contributed by atoms with van der Waals surface area (Å²) in [6.07, 6.45) is 0. The summed E-state index contributed by atoms with van der Waals surface area (Å²) < 4.78 is 28.8. The van der Waals surface area contributed by atoms with Gasteiger partial charge in [0.1, 0.15) is 34.0 Å². The number of furan rings is 2. The molecule has 310 valence electrons. The number of nitrogens with zero attached hydrogens (tertiary/aromatic N) is 2. The highest BCUT2D eigenvalue weighted by Crippen LogP contribution is 2.52. The van der Waals surface area contributed by atoms with Gasteiger partial charge in [0.15, 0.2) is 24.6 Å². The molecule has 6 nitrogen and oxygen atoms in total. The van der Waals surface area contributed by atoms with Crippen LogP contribution in [-0.4, -0.2) is 13.5 Å². The van der Waals surface area contributed by atoms with E-state index in [1.165, 1.54) is 5.56 Å². The lowest BCUT2D eigenvalue weighted by Crippen LogP contribution is -2.27. The van der Waals surface area contributed by atoms with E-state index in [4.69, 9.17) is 18.3 Å². The van der Waals surface area contributed by atoms with E-state index >= 15 is 0 Å². The van der Waals surface area contributed by atoms with Crippen molar-refractivity contribution in [2.45, 2.75) is 26.2 Å². The molecule has 0 spiro atoms. The van der Waals surface area contributed by atoms with Gasteiger partial charge in [-0.3, -0.25) is 0 Å². The van der Waals surface area contributed by atoms with Crippen molar-refractivity contribution in [1.29, 1.82) is 0 Å². The molecule has 2 aliphatic heterocycles. The largest absolute Gasteiger partial charge is 0.472 e. The number of hydrogen-bond acceptors (Lipinski definition) is 6. The minimum absolute atomic E-state index is 0.00312. The lowest BCUT2D eigenvalue weighted by atomic mass is 9.87. The Morgan fingerprint density at radius 2 is 1.11 bits per heavy atom. The maximum absolute atomic E-state index is 7.12. The lowest BCUT2D eigenvalue weighted by molar-refractivity contribution is 0.324. The molecule has 13 rings (SSSR count). The Kier molecular flexibility index (Phi) is 8.19. The van der Waals surface area contributed by atoms with Gasteiger partial charge in [-0.1, -0.05) is 106 Å². The second-order valence-corrected chi connectivity index (χ2v) is 19.5. The molecule has 64 heavy (non-hydrogen) atoms. The third-order valence-electron chi connectivity index (χ3n) is 13.1. The van der Waals surface area contributed by atoms with Crippen molar-refractivity contribution in [3.63, 3.8) is 0 Å². The molecule has 0 unspecified atom stereocenters. The molecule has 0 saturated carbocycles. The van der Waals surface area contributed by atoms with Crippen LogP contribution in [0.1, 0.15) is 26.3 Å². The smallest absolute Gasteiger partial charge is 0.165 e. The summed E-state index contributed by atoms with van der Waals surface area (Å²) in [6, 6.07) is 53.7. The highest BCUT2D eigenvalue weighted by Gasteiger charge is 2.30. The van der Waals surface area contributed by atoms with E-state index in [-0.39, 0.29) is 5.41 Å². The number of benzene rings is 9. The van der Waals surface area contributed by atoms with Gasteiger partial charge in [-0.2, -0.15) is 0 Å². The topological polar surface area (TPSA) is 51.2 Å². The molecule has 2 aromatic heterocycles. The number of halogens is 2. The summed E-state index contributed by atoms with van der Waals surface area (Å²) in [5.41, 5.74) is 12.8. The van der Waals surface area contributed by atoms with Crippen molar-refractivity contribution in [3.8, 4) is 33.8 Å². The molecule has 2 aliphatic rings. The summed E-state index contributed by atoms with van der Waals surface area (Å²) in [7, 11) is 0. The second kappa shape index (κ2) is 13.9. The van der Waals surface area contributed by atoms with E-state index < -0.39 is 0 Å². The molecular weight excluding hydrogens is 924 g/mol. The van der Waals surface area contributed by atoms with Gasteiger partial charge >= 0.3 is 0 Å². The molecule has 9 aromatic carbocycles. The molecule has 0 N–H and O–H groups in total. The molecule has 11 aromatic rings. The van der Waals surface area contributed by atoms with E-state index in [0.717, 1.165) is 131 Å². The minimum atomic E-state index is -0.00312. The zero-order chi connectivity index (χ0) is 43.0. The van der Waals surface area contributed by atoms with Gasteiger partial charge in [-0.25, -0.2) is 0 Å². The van der Waals surface area contributed by atoms with Crippen molar-refractivity contribution in [2.75, 3.05) is 23.3 Å². The molecule has 0 bridgehead atoms. The van der Waals surface area contributed by atoms with Gasteiger partial charge in [0, 0.05) is 41.3 Å². The normalized spacial score (nSPS) is 13.8. The van der Waals surface area contributed by atoms with Gasteiger partial charge in [-0.05, 0) is 143 Å². The van der Waals surface area contributed by atoms with Crippen LogP contribution in [0, 0.1) is 0 Å². The molecule has 0 amide bonds. The standard InChI is InChI=1S/C56H38Br2N2O4/c1-56(2,3)34-18-19-36-38-20-23-41(57)52(54(38)63-47(36)28-34)60-30-62-46-17-9-14-37-35(22-25-44(60)51(37)46)33-26-40(31-10-5-4-6-11-31)50-39-21-24-42(58)53(55(39)64-48(50)27-33)59-29-61-45-16-8-13-32-12-7-15-43(59)49(32)45/h4-28H,29-30H2,1-3H3. The zero-order valence-corrected chi connectivity index (χ0v) is 38.3. The molecule has 0 fully saturated rings. The van der Waals surface area contributed by atoms with E-state index in [2.05, 4.69) is 202 Å². The number of fused-ring (bicyclic) bond motifs is 6. The maximum atomic E-state index is 7.12. The van der Waals surface area contributed by atoms with Crippen LogP contribution in [0.4, 0.5) is 22.7 Å². The van der Waals surface area contributed by atoms with Crippen LogP contribution in [0.25, 0.3) is 87.7 Å². The molecule has 4 heterocycles. The lowest BCUT2D eigenvalue weighted by Gasteiger charge is -2.32. The quantitative estimate of drug-likeness (QED) is 0.175. The van der Waals surface area contributed by atoms with Crippen molar-refractivity contribution in [3.05, 3.63) is 166 Å². The number of hydrogen-bond donors (Lipinski definition) is 0. The van der Waals surface area contributed by atoms with Crippen LogP contribution in [0.15, 0.2) is 169 Å². The monoisotopic (exact) mass is 960 g/mol. The zero-order valence-electron chi connectivity index (χ0n) is 35.1. The number of ether oxygens (including phenoxy) is 2. The molecule has 0 aliphatic carbocycles. The first-order valence-electron chi connectivity index (χ1n) is 21.5. The summed E-state index contributed by atoms with van der Waals surface area (Å²) in [5, 5.41) is 8.60. The van der Waals surface area contributed by atoms with Gasteiger partial charge in [0.05, 0.1) is 11.4 Å². The average molecular weight is 963 g/mol. The third-order valence-corrected chi connectivity index (χ3v) is 14.4. The summed E-state index contributed by atoms with van der Waals surface area (Å²) >= 11 is 7.87. The Labute approximate surface area is 385 Å². The predicted molar refractivity (Wildman–Crippen MR) is 269 cm³/mol. The fraction of sp³-hybridized carbons (Fsp3) is 0.107. The van der Waals surface area contributed by atoms with Gasteiger partial charge < -0.3 is 28.1 Å². The van der Waals surface area contributed by atoms with E-state index in [1.807, 2.05) is 12.1 Å². The van der Waals surface area contributed by atoms with Crippen molar-refractivity contribution in [1.82, 2.24) is 0 Å². The number of anilines is 4. The van der Waals surface area contributed by atoms with Gasteiger partial charge in [0.2, 0.25) is 0 Å². The Morgan fingerprint density at radius 3 is 1.86 bits per heavy atom. The SMILES string of the molecule is CC(C)(C)c1ccc2c(c1)oc1c(N3COc4cccc5c(-c6cc(-c7ccccc7)c7c(c6)oc6c(N8COc9cccc%10cccc8c9%10)c(Br)ccc67)ccc3c45)c(Br)ccc12. The van der Waals surface area contributed by atoms with Crippen molar-refractivity contribution >= 4 is 120 Å². The van der Waals surface area contributed by atoms with Crippen molar-refractivity contribution in [2.24, 2.45) is 0 Å². The first-order chi connectivity index (χ1) is 31.2. The van der Waals surface area contributed by atoms with Crippen LogP contribution in [0.5, 0.6) is 11.5 Å². The average Bonchev–Trinajstić information content (AvgIpc) is 3.88. The highest BCUT2D eigenvalue weighted by atomic mass is 79.9. The van der Waals surface area contributed by atoms with Crippen molar-refractivity contribution < 1.29 is 18.3 Å². The van der Waals surface area contributed by atoms with E-state index in [1.54, 1.807) is 0 Å². The molecular formula is C56H38Br2N2O4. The predicted octanol–water partition coefficient (Wildman–Crippen LogP) is 16.9. The summed E-state index contributed by atoms with van der Waals surface area (Å²) in [6.45, 7) is 7.37. The second-order valence-electron chi connectivity index (χ2n) is 17.8. The van der Waals surface area contributed by atoms with Gasteiger partial charge in [0.25, 0.3) is 0 Å². The van der Waals surface area contributed by atoms with Crippen LogP contribution in [0.2, 0.25) is 0 Å². The Morgan fingerprint density at radius 1 is 0.469 bits per heavy atom. The van der Waals surface area contributed by atoms with Crippen LogP contribution in [0.3, 0.4) is 0 Å². The van der Waals surface area contributed by atoms with Crippen LogP contribution >= 0.6 is 31.9 Å². The van der Waals surface area contributed by atoms with Gasteiger partial charge in [-0.15, -0.1) is 0 Å². The fourth-order valence-corrected chi connectivity index (χ4v) is 11.1. The maximum Gasteiger partial charge on any atom is 0.165 e. The number of rotatable bonds is 4. The molecule has 8 heteroatoms. The molecule has 0 atom stereocenters. The first kappa shape index (κ1) is 37.8. The minimum Gasteiger partial charge on any atom is -0.472 e. The Balaban J connectivity index is 1.00. The fourth-order valence-electron chi connectivity index (χ4n) is 10.1. The summed E-state index contributed by atoms with van der Waals surface area (Å²) in [5.74, 6) is 1.73. The highest BCUT2D eigenvalue weighted by molar-refractivity contribution is 9.11. The Bertz CT molecular complexity index is 3770. The first-order valence-corrected chi connectivity index (χ1v) is 23.1. The van der Waals surface area contributed by atoms with E-state index in [9.17, 15) is 0 Å². The van der Waals surface area contributed by atoms with Crippen LogP contribution in [-0.2, 0) is 5.41 Å². The third kappa shape index (κ3) is 5.55. The summed E-state index contributed by atoms with van der Waals surface area (Å²) in [4.78, 5) is 4.46. The van der Waals surface area contributed by atoms with E-state index in [0.29, 0.717) is 13.5 Å².